The minimum Gasteiger partial charge on any atom is -0.342 e. The first-order valence-electron chi connectivity index (χ1n) is 9.31. The lowest BCUT2D eigenvalue weighted by Crippen LogP contribution is -2.44. The first-order valence-corrected chi connectivity index (χ1v) is 9.31. The van der Waals surface area contributed by atoms with Crippen molar-refractivity contribution in [3.05, 3.63) is 24.5 Å². The van der Waals surface area contributed by atoms with Crippen molar-refractivity contribution in [3.8, 4) is 0 Å². The summed E-state index contributed by atoms with van der Waals surface area (Å²) in [6, 6.07) is 0. The van der Waals surface area contributed by atoms with E-state index in [9.17, 15) is 9.59 Å². The monoisotopic (exact) mass is 344 g/mol. The molecule has 1 fully saturated rings. The minimum absolute atomic E-state index is 0.0591. The van der Waals surface area contributed by atoms with Crippen LogP contribution in [-0.2, 0) is 16.6 Å². The molecule has 0 saturated heterocycles. The number of hydrogen-bond acceptors (Lipinski definition) is 3. The Balaban J connectivity index is 1.78. The average molecular weight is 344 g/mol. The van der Waals surface area contributed by atoms with Gasteiger partial charge in [-0.15, -0.1) is 0 Å². The van der Waals surface area contributed by atoms with Gasteiger partial charge < -0.3 is 10.2 Å². The van der Waals surface area contributed by atoms with E-state index in [1.807, 2.05) is 11.9 Å². The molecule has 136 valence electrons. The minimum atomic E-state index is -0.279. The molecule has 6 nitrogen and oxygen atoms in total. The van der Waals surface area contributed by atoms with E-state index in [1.165, 1.54) is 0 Å². The smallest absolute Gasteiger partial charge is 0.228 e. The summed E-state index contributed by atoms with van der Waals surface area (Å²) in [5.74, 6) is -0.0641. The molecule has 0 aromatic carbocycles. The second kappa shape index (κ2) is 7.42. The summed E-state index contributed by atoms with van der Waals surface area (Å²) in [4.78, 5) is 28.0. The summed E-state index contributed by atoms with van der Waals surface area (Å²) >= 11 is 0. The zero-order chi connectivity index (χ0) is 18.0. The zero-order valence-corrected chi connectivity index (χ0v) is 15.3. The van der Waals surface area contributed by atoms with Crippen LogP contribution in [0.25, 0.3) is 0 Å². The summed E-state index contributed by atoms with van der Waals surface area (Å²) in [6.45, 7) is 5.70. The van der Waals surface area contributed by atoms with E-state index in [-0.39, 0.29) is 35.5 Å². The molecule has 1 aromatic rings. The number of allylic oxidation sites excluding steroid dienone is 2. The number of nitrogens with zero attached hydrogens (tertiary/aromatic N) is 3. The number of carbonyl (C=O) groups excluding carboxylic acids is 2. The van der Waals surface area contributed by atoms with Gasteiger partial charge in [-0.3, -0.25) is 14.3 Å². The number of fused-ring (bicyclic) bond motifs is 2. The van der Waals surface area contributed by atoms with Crippen LogP contribution in [0.5, 0.6) is 0 Å². The van der Waals surface area contributed by atoms with Crippen LogP contribution in [0.4, 0.5) is 5.69 Å². The van der Waals surface area contributed by atoms with E-state index in [4.69, 9.17) is 0 Å². The van der Waals surface area contributed by atoms with E-state index in [0.717, 1.165) is 32.4 Å². The van der Waals surface area contributed by atoms with Crippen molar-refractivity contribution in [3.63, 3.8) is 0 Å². The molecule has 0 spiro atoms. The molecular formula is C19H28N4O2. The standard InChI is InChI=1S/C19H28N4O2/c1-4-8-23(9-5-2)19(25)17-14-7-6-13(10-14)16(17)18(24)21-15-11-20-22(3)12-15/h6-7,11-14,16-17H,4-5,8-10H2,1-3H3,(H,21,24)/t13-,14-,16+,17+/m0/s1. The summed E-state index contributed by atoms with van der Waals surface area (Å²) in [6.07, 6.45) is 10.5. The molecule has 6 heteroatoms. The second-order valence-corrected chi connectivity index (χ2v) is 7.22. The van der Waals surface area contributed by atoms with Gasteiger partial charge in [0.15, 0.2) is 0 Å². The number of nitrogens with one attached hydrogen (secondary N) is 1. The fraction of sp³-hybridized carbons (Fsp3) is 0.632. The van der Waals surface area contributed by atoms with Crippen LogP contribution in [0, 0.1) is 23.7 Å². The third kappa shape index (κ3) is 3.48. The summed E-state index contributed by atoms with van der Waals surface area (Å²) in [5.41, 5.74) is 0.685. The van der Waals surface area contributed by atoms with Crippen molar-refractivity contribution in [2.45, 2.75) is 33.1 Å². The molecule has 1 heterocycles. The molecule has 0 radical (unpaired) electrons. The van der Waals surface area contributed by atoms with Crippen LogP contribution in [0.3, 0.4) is 0 Å². The highest BCUT2D eigenvalue weighted by atomic mass is 16.2. The number of hydrogen-bond donors (Lipinski definition) is 1. The second-order valence-electron chi connectivity index (χ2n) is 7.22. The van der Waals surface area contributed by atoms with Crippen LogP contribution in [0.1, 0.15) is 33.1 Å². The number of anilines is 1. The van der Waals surface area contributed by atoms with E-state index in [2.05, 4.69) is 36.4 Å². The van der Waals surface area contributed by atoms with Crippen LogP contribution in [0.15, 0.2) is 24.5 Å². The number of aryl methyl sites for hydroxylation is 1. The topological polar surface area (TPSA) is 67.2 Å². The quantitative estimate of drug-likeness (QED) is 0.773. The van der Waals surface area contributed by atoms with E-state index < -0.39 is 0 Å². The first kappa shape index (κ1) is 17.7. The van der Waals surface area contributed by atoms with E-state index in [0.29, 0.717) is 5.69 Å². The van der Waals surface area contributed by atoms with Crippen LogP contribution < -0.4 is 5.32 Å². The Morgan fingerprint density at radius 2 is 1.84 bits per heavy atom. The van der Waals surface area contributed by atoms with Crippen molar-refractivity contribution in [2.24, 2.45) is 30.7 Å². The maximum atomic E-state index is 13.2. The van der Waals surface area contributed by atoms with Gasteiger partial charge in [0, 0.05) is 26.3 Å². The Morgan fingerprint density at radius 1 is 1.20 bits per heavy atom. The van der Waals surface area contributed by atoms with Gasteiger partial charge in [0.1, 0.15) is 0 Å². The molecule has 2 aliphatic carbocycles. The lowest BCUT2D eigenvalue weighted by atomic mass is 9.81. The molecule has 25 heavy (non-hydrogen) atoms. The van der Waals surface area contributed by atoms with Gasteiger partial charge in [-0.2, -0.15) is 5.10 Å². The predicted molar refractivity (Wildman–Crippen MR) is 96.7 cm³/mol. The third-order valence-electron chi connectivity index (χ3n) is 5.32. The Kier molecular flexibility index (Phi) is 5.25. The molecule has 1 aromatic heterocycles. The Morgan fingerprint density at radius 3 is 2.40 bits per heavy atom. The highest BCUT2D eigenvalue weighted by Crippen LogP contribution is 2.49. The number of carbonyl (C=O) groups is 2. The number of aromatic nitrogens is 2. The molecule has 2 bridgehead atoms. The van der Waals surface area contributed by atoms with Gasteiger partial charge in [0.05, 0.1) is 23.7 Å². The Labute approximate surface area is 149 Å². The molecule has 0 unspecified atom stereocenters. The fourth-order valence-corrected chi connectivity index (χ4v) is 4.31. The van der Waals surface area contributed by atoms with Crippen molar-refractivity contribution in [1.29, 1.82) is 0 Å². The van der Waals surface area contributed by atoms with E-state index in [1.54, 1.807) is 17.1 Å². The highest BCUT2D eigenvalue weighted by Gasteiger charge is 2.52. The molecule has 3 rings (SSSR count). The SMILES string of the molecule is CCCN(CCC)C(=O)[C@H]1[C@H](C(=O)Nc2cnn(C)c2)[C@H]2C=C[C@H]1C2. The van der Waals surface area contributed by atoms with Gasteiger partial charge in [0.25, 0.3) is 0 Å². The molecule has 0 aliphatic heterocycles. The molecule has 2 aliphatic rings. The molecule has 1 saturated carbocycles. The van der Waals surface area contributed by atoms with Crippen molar-refractivity contribution in [1.82, 2.24) is 14.7 Å². The normalized spacial score (nSPS) is 26.8. The third-order valence-corrected chi connectivity index (χ3v) is 5.32. The van der Waals surface area contributed by atoms with Crippen molar-refractivity contribution >= 4 is 17.5 Å². The molecule has 4 atom stereocenters. The summed E-state index contributed by atoms with van der Waals surface area (Å²) < 4.78 is 1.66. The largest absolute Gasteiger partial charge is 0.342 e. The Hall–Kier alpha value is -2.11. The average Bonchev–Trinajstić information content (AvgIpc) is 3.29. The van der Waals surface area contributed by atoms with Gasteiger partial charge >= 0.3 is 0 Å². The molecule has 2 amide bonds. The van der Waals surface area contributed by atoms with E-state index >= 15 is 0 Å². The number of rotatable bonds is 7. The molecule has 1 N–H and O–H groups in total. The number of amides is 2. The van der Waals surface area contributed by atoms with Crippen LogP contribution >= 0.6 is 0 Å². The van der Waals surface area contributed by atoms with Gasteiger partial charge in [-0.1, -0.05) is 26.0 Å². The first-order chi connectivity index (χ1) is 12.0. The Bertz CT molecular complexity index is 660. The maximum Gasteiger partial charge on any atom is 0.228 e. The van der Waals surface area contributed by atoms with Crippen molar-refractivity contribution < 1.29 is 9.59 Å². The van der Waals surface area contributed by atoms with Gasteiger partial charge in [-0.25, -0.2) is 0 Å². The van der Waals surface area contributed by atoms with Gasteiger partial charge in [0.2, 0.25) is 11.8 Å². The lowest BCUT2D eigenvalue weighted by Gasteiger charge is -2.31. The van der Waals surface area contributed by atoms with Gasteiger partial charge in [-0.05, 0) is 31.1 Å². The summed E-state index contributed by atoms with van der Waals surface area (Å²) in [7, 11) is 1.82. The molecular weight excluding hydrogens is 316 g/mol. The highest BCUT2D eigenvalue weighted by molar-refractivity contribution is 5.97. The van der Waals surface area contributed by atoms with Crippen LogP contribution in [0.2, 0.25) is 0 Å². The van der Waals surface area contributed by atoms with Crippen molar-refractivity contribution in [2.75, 3.05) is 18.4 Å². The fourth-order valence-electron chi connectivity index (χ4n) is 4.31. The zero-order valence-electron chi connectivity index (χ0n) is 15.3. The van der Waals surface area contributed by atoms with Crippen LogP contribution in [-0.4, -0.2) is 39.6 Å². The summed E-state index contributed by atoms with van der Waals surface area (Å²) in [5, 5.41) is 7.04. The predicted octanol–water partition coefficient (Wildman–Crippen LogP) is 2.45. The maximum absolute atomic E-state index is 13.2. The lowest BCUT2D eigenvalue weighted by molar-refractivity contribution is -0.141.